The zero-order chi connectivity index (χ0) is 21.5. The minimum atomic E-state index is -0.659. The fourth-order valence-electron chi connectivity index (χ4n) is 2.69. The number of esters is 1. The van der Waals surface area contributed by atoms with Crippen LogP contribution in [0.3, 0.4) is 0 Å². The lowest BCUT2D eigenvalue weighted by Gasteiger charge is -2.08. The van der Waals surface area contributed by atoms with Crippen molar-refractivity contribution in [3.8, 4) is 22.9 Å². The van der Waals surface area contributed by atoms with Gasteiger partial charge in [-0.15, -0.1) is 0 Å². The Kier molecular flexibility index (Phi) is 7.08. The highest BCUT2D eigenvalue weighted by atomic mass is 35.5. The average molecular weight is 429 g/mol. The van der Waals surface area contributed by atoms with Gasteiger partial charge in [-0.2, -0.15) is 0 Å². The molecule has 0 saturated carbocycles. The van der Waals surface area contributed by atoms with Crippen LogP contribution in [-0.4, -0.2) is 28.3 Å². The van der Waals surface area contributed by atoms with Crippen LogP contribution < -0.4 is 4.74 Å². The van der Waals surface area contributed by atoms with Gasteiger partial charge in [0.05, 0.1) is 17.3 Å². The van der Waals surface area contributed by atoms with Gasteiger partial charge in [-0.25, -0.2) is 9.37 Å². The summed E-state index contributed by atoms with van der Waals surface area (Å²) in [5, 5.41) is 0.182. The van der Waals surface area contributed by atoms with E-state index in [0.29, 0.717) is 11.4 Å². The minimum Gasteiger partial charge on any atom is -0.466 e. The molecule has 0 aliphatic heterocycles. The summed E-state index contributed by atoms with van der Waals surface area (Å²) >= 11 is 5.68. The first-order chi connectivity index (χ1) is 14.4. The molecular weight excluding hydrogens is 411 g/mol. The van der Waals surface area contributed by atoms with Gasteiger partial charge < -0.3 is 9.47 Å². The Labute approximate surface area is 177 Å². The summed E-state index contributed by atoms with van der Waals surface area (Å²) in [7, 11) is 0. The Bertz CT molecular complexity index is 1060. The lowest BCUT2D eigenvalue weighted by atomic mass is 10.0. The highest BCUT2D eigenvalue weighted by Gasteiger charge is 2.12. The molecule has 0 spiro atoms. The van der Waals surface area contributed by atoms with Crippen molar-refractivity contribution in [2.24, 2.45) is 0 Å². The zero-order valence-corrected chi connectivity index (χ0v) is 16.9. The highest BCUT2D eigenvalue weighted by molar-refractivity contribution is 6.30. The van der Waals surface area contributed by atoms with Gasteiger partial charge in [0.2, 0.25) is 0 Å². The topological polar surface area (TPSA) is 78.4 Å². The van der Waals surface area contributed by atoms with Gasteiger partial charge in [-0.3, -0.25) is 14.6 Å². The number of nitrogens with zero attached hydrogens (tertiary/aromatic N) is 2. The first-order valence-electron chi connectivity index (χ1n) is 9.16. The smallest absolute Gasteiger partial charge is 0.313 e. The fourth-order valence-corrected chi connectivity index (χ4v) is 2.83. The fraction of sp³-hybridized carbons (Fsp3) is 0.182. The molecule has 6 nitrogen and oxygen atoms in total. The van der Waals surface area contributed by atoms with E-state index in [1.54, 1.807) is 49.5 Å². The van der Waals surface area contributed by atoms with Crippen molar-refractivity contribution in [3.05, 3.63) is 71.3 Å². The number of rotatable bonds is 8. The van der Waals surface area contributed by atoms with Gasteiger partial charge in [0.25, 0.3) is 5.88 Å². The Morgan fingerprint density at radius 3 is 2.57 bits per heavy atom. The molecule has 0 fully saturated rings. The highest BCUT2D eigenvalue weighted by Crippen LogP contribution is 2.26. The van der Waals surface area contributed by atoms with Crippen LogP contribution in [0.4, 0.5) is 4.39 Å². The number of hydrogen-bond donors (Lipinski definition) is 0. The number of ketones is 1. The molecule has 0 unspecified atom stereocenters. The predicted octanol–water partition coefficient (Wildman–Crippen LogP) is 4.79. The molecule has 1 aromatic carbocycles. The largest absolute Gasteiger partial charge is 0.466 e. The Morgan fingerprint density at radius 2 is 1.87 bits per heavy atom. The Hall–Kier alpha value is -3.32. The number of ether oxygens (including phenoxy) is 2. The normalized spacial score (nSPS) is 10.5. The van der Waals surface area contributed by atoms with Crippen LogP contribution in [0.2, 0.25) is 5.02 Å². The molecule has 0 aliphatic carbocycles. The van der Waals surface area contributed by atoms with E-state index >= 15 is 0 Å². The second-order valence-electron chi connectivity index (χ2n) is 6.31. The molecule has 3 rings (SSSR count). The third kappa shape index (κ3) is 5.84. The molecule has 0 aliphatic rings. The van der Waals surface area contributed by atoms with E-state index in [1.807, 2.05) is 0 Å². The van der Waals surface area contributed by atoms with Crippen LogP contribution in [0.15, 0.2) is 54.9 Å². The first-order valence-corrected chi connectivity index (χ1v) is 9.54. The summed E-state index contributed by atoms with van der Waals surface area (Å²) in [5.41, 5.74) is 2.17. The van der Waals surface area contributed by atoms with E-state index < -0.39 is 11.8 Å². The van der Waals surface area contributed by atoms with E-state index in [1.165, 1.54) is 6.20 Å². The van der Waals surface area contributed by atoms with Gasteiger partial charge >= 0.3 is 5.97 Å². The third-order valence-electron chi connectivity index (χ3n) is 4.01. The summed E-state index contributed by atoms with van der Waals surface area (Å²) in [6, 6.07) is 11.5. The number of aromatic nitrogens is 2. The molecule has 30 heavy (non-hydrogen) atoms. The molecule has 8 heteroatoms. The van der Waals surface area contributed by atoms with Crippen LogP contribution in [0.5, 0.6) is 11.6 Å². The first kappa shape index (κ1) is 21.4. The number of Topliss-reactive ketones (excluding diaryl/α,β-unsaturated/α-hetero) is 1. The summed E-state index contributed by atoms with van der Waals surface area (Å²) in [4.78, 5) is 31.6. The van der Waals surface area contributed by atoms with Gasteiger partial charge in [0.1, 0.15) is 18.0 Å². The molecule has 154 valence electrons. The maximum absolute atomic E-state index is 13.8. The number of benzene rings is 1. The number of hydrogen-bond acceptors (Lipinski definition) is 6. The zero-order valence-electron chi connectivity index (χ0n) is 16.1. The monoisotopic (exact) mass is 428 g/mol. The summed E-state index contributed by atoms with van der Waals surface area (Å²) in [6.45, 7) is 1.93. The molecule has 0 N–H and O–H groups in total. The Balaban J connectivity index is 1.68. The van der Waals surface area contributed by atoms with Gasteiger partial charge in [0, 0.05) is 24.4 Å². The van der Waals surface area contributed by atoms with Crippen LogP contribution in [0, 0.1) is 5.82 Å². The van der Waals surface area contributed by atoms with Crippen molar-refractivity contribution in [1.29, 1.82) is 0 Å². The second kappa shape index (κ2) is 9.93. The maximum Gasteiger partial charge on any atom is 0.313 e. The molecule has 0 atom stereocenters. The van der Waals surface area contributed by atoms with E-state index in [4.69, 9.17) is 21.1 Å². The Morgan fingerprint density at radius 1 is 1.10 bits per heavy atom. The van der Waals surface area contributed by atoms with Gasteiger partial charge in [-0.05, 0) is 55.0 Å². The summed E-state index contributed by atoms with van der Waals surface area (Å²) in [5.74, 6) is -1.19. The van der Waals surface area contributed by atoms with Crippen molar-refractivity contribution in [2.75, 3.05) is 6.61 Å². The molecule has 0 bridgehead atoms. The predicted molar refractivity (Wildman–Crippen MR) is 109 cm³/mol. The lowest BCUT2D eigenvalue weighted by Crippen LogP contribution is -2.13. The quantitative estimate of drug-likeness (QED) is 0.379. The summed E-state index contributed by atoms with van der Waals surface area (Å²) < 4.78 is 24.0. The number of carbonyl (C=O) groups is 2. The number of halogens is 2. The van der Waals surface area contributed by atoms with Crippen LogP contribution in [-0.2, 0) is 20.7 Å². The number of carbonyl (C=O) groups excluding carboxylic acids is 2. The lowest BCUT2D eigenvalue weighted by molar-refractivity contribution is -0.145. The third-order valence-corrected chi connectivity index (χ3v) is 4.22. The molecule has 2 heterocycles. The minimum absolute atomic E-state index is 0.108. The van der Waals surface area contributed by atoms with Gasteiger partial charge in [0.15, 0.2) is 5.82 Å². The molecular formula is C22H18ClFN2O4. The van der Waals surface area contributed by atoms with Crippen LogP contribution in [0.25, 0.3) is 11.3 Å². The van der Waals surface area contributed by atoms with E-state index in [2.05, 4.69) is 9.97 Å². The van der Waals surface area contributed by atoms with Crippen molar-refractivity contribution in [1.82, 2.24) is 9.97 Å². The SMILES string of the molecule is CCOC(=O)CC(=O)Cc1ccnc(-c2ccc(Oc3ncc(Cl)cc3F)cc2)c1. The van der Waals surface area contributed by atoms with Crippen molar-refractivity contribution in [2.45, 2.75) is 19.8 Å². The average Bonchev–Trinajstić information content (AvgIpc) is 2.71. The van der Waals surface area contributed by atoms with Gasteiger partial charge in [-0.1, -0.05) is 11.6 Å². The molecule has 3 aromatic rings. The molecule has 0 radical (unpaired) electrons. The van der Waals surface area contributed by atoms with E-state index in [9.17, 15) is 14.0 Å². The standard InChI is InChI=1S/C22H18ClFN2O4/c1-2-29-21(28)12-17(27)9-14-7-8-25-20(10-14)15-3-5-18(6-4-15)30-22-19(24)11-16(23)13-26-22/h3-8,10-11,13H,2,9,12H2,1H3. The molecule has 0 saturated heterocycles. The van der Waals surface area contributed by atoms with Crippen molar-refractivity contribution >= 4 is 23.4 Å². The maximum atomic E-state index is 13.8. The van der Waals surface area contributed by atoms with Crippen LogP contribution >= 0.6 is 11.6 Å². The second-order valence-corrected chi connectivity index (χ2v) is 6.75. The molecule has 0 amide bonds. The van der Waals surface area contributed by atoms with Crippen LogP contribution in [0.1, 0.15) is 18.9 Å². The molecule has 2 aromatic heterocycles. The van der Waals surface area contributed by atoms with E-state index in [0.717, 1.165) is 17.2 Å². The number of pyridine rings is 2. The van der Waals surface area contributed by atoms with Crippen molar-refractivity contribution in [3.63, 3.8) is 0 Å². The van der Waals surface area contributed by atoms with Crippen molar-refractivity contribution < 1.29 is 23.5 Å². The summed E-state index contributed by atoms with van der Waals surface area (Å²) in [6.07, 6.45) is 2.75. The van der Waals surface area contributed by atoms with E-state index in [-0.39, 0.29) is 36.1 Å².